The molecule has 0 radical (unpaired) electrons. The molecule has 0 aliphatic carbocycles. The number of carbonyl (C=O) groups is 1. The van der Waals surface area contributed by atoms with Crippen molar-refractivity contribution >= 4 is 23.1 Å². The minimum Gasteiger partial charge on any atom is -0.476 e. The SMILES string of the molecule is O=C(O)c1cnc2ccc(Nc3ccncc3)nn12. The largest absolute Gasteiger partial charge is 0.476 e. The van der Waals surface area contributed by atoms with Gasteiger partial charge < -0.3 is 10.4 Å². The van der Waals surface area contributed by atoms with Gasteiger partial charge in [-0.3, -0.25) is 4.98 Å². The second kappa shape index (κ2) is 4.37. The Bertz CT molecular complexity index is 738. The van der Waals surface area contributed by atoms with E-state index in [1.807, 2.05) is 0 Å². The van der Waals surface area contributed by atoms with Crippen molar-refractivity contribution in [2.45, 2.75) is 0 Å². The third-order valence-corrected chi connectivity index (χ3v) is 2.53. The highest BCUT2D eigenvalue weighted by Gasteiger charge is 2.11. The number of aromatic nitrogens is 4. The second-order valence-corrected chi connectivity index (χ2v) is 3.80. The zero-order valence-corrected chi connectivity index (χ0v) is 9.69. The molecule has 0 spiro atoms. The molecule has 3 rings (SSSR count). The molecule has 94 valence electrons. The molecule has 0 unspecified atom stereocenters. The minimum absolute atomic E-state index is 0.0216. The number of imidazole rings is 1. The quantitative estimate of drug-likeness (QED) is 0.738. The molecule has 0 atom stereocenters. The van der Waals surface area contributed by atoms with Crippen LogP contribution in [-0.4, -0.2) is 30.7 Å². The number of nitrogens with zero attached hydrogens (tertiary/aromatic N) is 4. The van der Waals surface area contributed by atoms with E-state index >= 15 is 0 Å². The zero-order valence-electron chi connectivity index (χ0n) is 9.69. The summed E-state index contributed by atoms with van der Waals surface area (Å²) < 4.78 is 1.28. The monoisotopic (exact) mass is 255 g/mol. The van der Waals surface area contributed by atoms with E-state index < -0.39 is 5.97 Å². The zero-order chi connectivity index (χ0) is 13.2. The maximum atomic E-state index is 11.0. The summed E-state index contributed by atoms with van der Waals surface area (Å²) >= 11 is 0. The van der Waals surface area contributed by atoms with Gasteiger partial charge in [-0.15, -0.1) is 5.10 Å². The number of hydrogen-bond donors (Lipinski definition) is 2. The van der Waals surface area contributed by atoms with E-state index in [9.17, 15) is 4.79 Å². The second-order valence-electron chi connectivity index (χ2n) is 3.80. The summed E-state index contributed by atoms with van der Waals surface area (Å²) in [6.07, 6.45) is 4.59. The number of hydrogen-bond acceptors (Lipinski definition) is 5. The van der Waals surface area contributed by atoms with Crippen molar-refractivity contribution < 1.29 is 9.90 Å². The first-order chi connectivity index (χ1) is 9.24. The van der Waals surface area contributed by atoms with Gasteiger partial charge in [0.2, 0.25) is 0 Å². The van der Waals surface area contributed by atoms with Crippen LogP contribution in [0.2, 0.25) is 0 Å². The van der Waals surface area contributed by atoms with Crippen molar-refractivity contribution in [1.82, 2.24) is 19.6 Å². The average Bonchev–Trinajstić information content (AvgIpc) is 2.83. The fourth-order valence-electron chi connectivity index (χ4n) is 1.67. The summed E-state index contributed by atoms with van der Waals surface area (Å²) in [6.45, 7) is 0. The van der Waals surface area contributed by atoms with Crippen LogP contribution in [0.15, 0.2) is 42.9 Å². The fourth-order valence-corrected chi connectivity index (χ4v) is 1.67. The predicted octanol–water partition coefficient (Wildman–Crippen LogP) is 1.57. The number of carboxylic acid groups (broad SMARTS) is 1. The molecule has 7 nitrogen and oxygen atoms in total. The van der Waals surface area contributed by atoms with Crippen LogP contribution in [0.4, 0.5) is 11.5 Å². The fraction of sp³-hybridized carbons (Fsp3) is 0. The van der Waals surface area contributed by atoms with Gasteiger partial charge in [-0.2, -0.15) is 0 Å². The van der Waals surface area contributed by atoms with Crippen LogP contribution >= 0.6 is 0 Å². The van der Waals surface area contributed by atoms with E-state index in [1.165, 1.54) is 10.7 Å². The van der Waals surface area contributed by atoms with E-state index in [0.29, 0.717) is 11.5 Å². The van der Waals surface area contributed by atoms with Crippen LogP contribution in [0.25, 0.3) is 5.65 Å². The molecular formula is C12H9N5O2. The molecule has 7 heteroatoms. The first-order valence-electron chi connectivity index (χ1n) is 5.49. The van der Waals surface area contributed by atoms with Crippen molar-refractivity contribution in [3.8, 4) is 0 Å². The number of carboxylic acids is 1. The molecule has 0 amide bonds. The van der Waals surface area contributed by atoms with Gasteiger partial charge in [0, 0.05) is 18.1 Å². The number of anilines is 2. The van der Waals surface area contributed by atoms with Gasteiger partial charge in [0.15, 0.2) is 17.2 Å². The first-order valence-corrected chi connectivity index (χ1v) is 5.49. The highest BCUT2D eigenvalue weighted by molar-refractivity contribution is 5.86. The van der Waals surface area contributed by atoms with Gasteiger partial charge in [-0.25, -0.2) is 14.3 Å². The summed E-state index contributed by atoms with van der Waals surface area (Å²) in [4.78, 5) is 18.9. The lowest BCUT2D eigenvalue weighted by molar-refractivity contribution is 0.0688. The summed E-state index contributed by atoms with van der Waals surface area (Å²) in [5.41, 5.74) is 1.32. The average molecular weight is 255 g/mol. The van der Waals surface area contributed by atoms with E-state index in [4.69, 9.17) is 5.11 Å². The van der Waals surface area contributed by atoms with Crippen molar-refractivity contribution in [2.24, 2.45) is 0 Å². The van der Waals surface area contributed by atoms with E-state index in [0.717, 1.165) is 5.69 Å². The van der Waals surface area contributed by atoms with Crippen LogP contribution in [0, 0.1) is 0 Å². The van der Waals surface area contributed by atoms with E-state index in [2.05, 4.69) is 20.4 Å². The van der Waals surface area contributed by atoms with Crippen LogP contribution < -0.4 is 5.32 Å². The molecule has 19 heavy (non-hydrogen) atoms. The Hall–Kier alpha value is -2.96. The molecule has 3 heterocycles. The first kappa shape index (κ1) is 11.1. The lowest BCUT2D eigenvalue weighted by Crippen LogP contribution is -2.06. The molecule has 0 fully saturated rings. The maximum absolute atomic E-state index is 11.0. The molecule has 0 aliphatic rings. The smallest absolute Gasteiger partial charge is 0.356 e. The number of fused-ring (bicyclic) bond motifs is 1. The lowest BCUT2D eigenvalue weighted by Gasteiger charge is -2.05. The van der Waals surface area contributed by atoms with Crippen LogP contribution in [0.1, 0.15) is 10.5 Å². The third kappa shape index (κ3) is 2.08. The van der Waals surface area contributed by atoms with Gasteiger partial charge in [-0.05, 0) is 24.3 Å². The van der Waals surface area contributed by atoms with Crippen molar-refractivity contribution in [3.63, 3.8) is 0 Å². The number of nitrogens with one attached hydrogen (secondary N) is 1. The van der Waals surface area contributed by atoms with E-state index in [-0.39, 0.29) is 5.69 Å². The lowest BCUT2D eigenvalue weighted by atomic mass is 10.4. The number of rotatable bonds is 3. The molecule has 0 saturated heterocycles. The molecular weight excluding hydrogens is 246 g/mol. The third-order valence-electron chi connectivity index (χ3n) is 2.53. The van der Waals surface area contributed by atoms with Gasteiger partial charge in [-0.1, -0.05) is 0 Å². The summed E-state index contributed by atoms with van der Waals surface area (Å²) in [5.74, 6) is -0.541. The molecule has 0 aromatic carbocycles. The van der Waals surface area contributed by atoms with E-state index in [1.54, 1.807) is 36.7 Å². The summed E-state index contributed by atoms with van der Waals surface area (Å²) in [6, 6.07) is 7.01. The summed E-state index contributed by atoms with van der Waals surface area (Å²) in [7, 11) is 0. The summed E-state index contributed by atoms with van der Waals surface area (Å²) in [5, 5.41) is 16.3. The van der Waals surface area contributed by atoms with Crippen molar-refractivity contribution in [2.75, 3.05) is 5.32 Å². The van der Waals surface area contributed by atoms with Gasteiger partial charge >= 0.3 is 5.97 Å². The Balaban J connectivity index is 2.01. The van der Waals surface area contributed by atoms with Crippen LogP contribution in [0.5, 0.6) is 0 Å². The maximum Gasteiger partial charge on any atom is 0.356 e. The molecule has 0 bridgehead atoms. The molecule has 3 aromatic heterocycles. The highest BCUT2D eigenvalue weighted by Crippen LogP contribution is 2.14. The predicted molar refractivity (Wildman–Crippen MR) is 67.5 cm³/mol. The standard InChI is InChI=1S/C12H9N5O2/c18-12(19)9-7-14-11-2-1-10(16-17(9)11)15-8-3-5-13-6-4-8/h1-7H,(H,18,19)(H,13,15,16). The van der Waals surface area contributed by atoms with Gasteiger partial charge in [0.25, 0.3) is 0 Å². The van der Waals surface area contributed by atoms with Crippen molar-refractivity contribution in [3.05, 3.63) is 48.5 Å². The van der Waals surface area contributed by atoms with Gasteiger partial charge in [0.1, 0.15) is 0 Å². The van der Waals surface area contributed by atoms with Crippen molar-refractivity contribution in [1.29, 1.82) is 0 Å². The van der Waals surface area contributed by atoms with Crippen LogP contribution in [-0.2, 0) is 0 Å². The molecule has 0 saturated carbocycles. The molecule has 2 N–H and O–H groups in total. The van der Waals surface area contributed by atoms with Gasteiger partial charge in [0.05, 0.1) is 6.20 Å². The molecule has 3 aromatic rings. The minimum atomic E-state index is -1.07. The number of aromatic carboxylic acids is 1. The topological polar surface area (TPSA) is 92.4 Å². The Morgan fingerprint density at radius 2 is 2.00 bits per heavy atom. The Morgan fingerprint density at radius 3 is 2.74 bits per heavy atom. The van der Waals surface area contributed by atoms with Crippen LogP contribution in [0.3, 0.4) is 0 Å². The number of pyridine rings is 1. The Morgan fingerprint density at radius 1 is 1.21 bits per heavy atom. The Labute approximate surface area is 107 Å². The normalized spacial score (nSPS) is 10.5. The Kier molecular flexibility index (Phi) is 2.57. The molecule has 0 aliphatic heterocycles. The highest BCUT2D eigenvalue weighted by atomic mass is 16.4.